The van der Waals surface area contributed by atoms with Gasteiger partial charge in [-0.15, -0.1) is 0 Å². The van der Waals surface area contributed by atoms with Crippen LogP contribution in [-0.2, 0) is 0 Å². The summed E-state index contributed by atoms with van der Waals surface area (Å²) in [5.41, 5.74) is 10.1. The molecule has 0 saturated carbocycles. The summed E-state index contributed by atoms with van der Waals surface area (Å²) in [6, 6.07) is 30.3. The molecule has 0 bridgehead atoms. The monoisotopic (exact) mass is 630 g/mol. The van der Waals surface area contributed by atoms with Crippen LogP contribution >= 0.6 is 0 Å². The van der Waals surface area contributed by atoms with Crippen molar-refractivity contribution >= 4 is 11.1 Å². The fourth-order valence-corrected chi connectivity index (χ4v) is 7.03. The first kappa shape index (κ1) is 30.2. The number of hydrogen-bond donors (Lipinski definition) is 0. The van der Waals surface area contributed by atoms with Crippen LogP contribution in [0.25, 0.3) is 33.9 Å². The zero-order chi connectivity index (χ0) is 33.0. The summed E-state index contributed by atoms with van der Waals surface area (Å²) < 4.78 is 0. The summed E-state index contributed by atoms with van der Waals surface area (Å²) in [5, 5.41) is 9.19. The van der Waals surface area contributed by atoms with Crippen molar-refractivity contribution in [3.63, 3.8) is 0 Å². The Bertz CT molecular complexity index is 2160. The van der Waals surface area contributed by atoms with Crippen molar-refractivity contribution in [1.29, 1.82) is 5.26 Å². The smallest absolute Gasteiger partial charge is 0.164 e. The van der Waals surface area contributed by atoms with E-state index in [0.717, 1.165) is 35.1 Å². The van der Waals surface area contributed by atoms with Gasteiger partial charge in [-0.3, -0.25) is 0 Å². The van der Waals surface area contributed by atoms with Crippen molar-refractivity contribution < 1.29 is 0 Å². The van der Waals surface area contributed by atoms with Gasteiger partial charge in [0.2, 0.25) is 0 Å². The van der Waals surface area contributed by atoms with Crippen LogP contribution in [0.3, 0.4) is 0 Å². The van der Waals surface area contributed by atoms with Crippen LogP contribution in [0, 0.1) is 29.1 Å². The molecule has 0 aliphatic heterocycles. The molecule has 3 atom stereocenters. The molecule has 8 rings (SSSR count). The first-order valence-corrected chi connectivity index (χ1v) is 16.8. The van der Waals surface area contributed by atoms with Crippen LogP contribution in [0.1, 0.15) is 29.8 Å². The molecular weight excluding hydrogens is 597 g/mol. The van der Waals surface area contributed by atoms with E-state index in [1.54, 1.807) is 0 Å². The molecule has 0 saturated heterocycles. The molecule has 49 heavy (non-hydrogen) atoms. The largest absolute Gasteiger partial charge is 0.208 e. The third-order valence-corrected chi connectivity index (χ3v) is 9.62. The van der Waals surface area contributed by atoms with Crippen molar-refractivity contribution in [2.75, 3.05) is 0 Å². The van der Waals surface area contributed by atoms with E-state index in [4.69, 9.17) is 15.0 Å². The van der Waals surface area contributed by atoms with E-state index in [2.05, 4.69) is 85.1 Å². The summed E-state index contributed by atoms with van der Waals surface area (Å²) in [7, 11) is 0. The summed E-state index contributed by atoms with van der Waals surface area (Å²) in [6.07, 6.45) is 31.3. The molecule has 0 spiro atoms. The molecule has 4 nitrogen and oxygen atoms in total. The lowest BCUT2D eigenvalue weighted by Crippen LogP contribution is -2.22. The number of benzene rings is 3. The maximum atomic E-state index is 9.19. The Hall–Kier alpha value is -6.18. The van der Waals surface area contributed by atoms with Gasteiger partial charge in [0.1, 0.15) is 0 Å². The standard InChI is InChI=1S/C45H34N4/c46-30-31-18-20-33(21-19-31)32-14-9-15-34(23-22-32)39-28-29-40(42-17-8-7-16-41(39)42)35-24-26-38(27-25-35)45-48-43(36-10-3-1-4-11-36)47-44(49-45)37-12-5-2-6-13-37/h1-13,15-24,26-29,35,39,41H,14,25H2. The minimum absolute atomic E-state index is 0.254. The molecule has 0 N–H and O–H groups in total. The van der Waals surface area contributed by atoms with Gasteiger partial charge in [0, 0.05) is 34.5 Å². The number of aromatic nitrogens is 3. The van der Waals surface area contributed by atoms with Crippen molar-refractivity contribution in [3.8, 4) is 28.8 Å². The van der Waals surface area contributed by atoms with Crippen molar-refractivity contribution in [2.24, 2.45) is 17.8 Å². The van der Waals surface area contributed by atoms with Crippen LogP contribution in [-0.4, -0.2) is 15.0 Å². The van der Waals surface area contributed by atoms with Gasteiger partial charge in [0.15, 0.2) is 17.5 Å². The summed E-state index contributed by atoms with van der Waals surface area (Å²) in [6.45, 7) is 0. The van der Waals surface area contributed by atoms with Gasteiger partial charge in [0.25, 0.3) is 0 Å². The molecule has 4 aliphatic rings. The summed E-state index contributed by atoms with van der Waals surface area (Å²) in [4.78, 5) is 14.7. The Morgan fingerprint density at radius 2 is 1.31 bits per heavy atom. The van der Waals surface area contributed by atoms with Crippen LogP contribution in [0.5, 0.6) is 0 Å². The van der Waals surface area contributed by atoms with E-state index >= 15 is 0 Å². The Labute approximate surface area is 287 Å². The SMILES string of the molecule is N#Cc1ccc(C2=CC=C(C3C=CC(C4C=CC(c5nc(-c6ccccc6)nc(-c6ccccc6)n5)=CC4)=C4C=CC=CC43)C=CC2)cc1. The molecule has 1 heterocycles. The molecule has 0 amide bonds. The first-order chi connectivity index (χ1) is 24.2. The van der Waals surface area contributed by atoms with Gasteiger partial charge in [-0.1, -0.05) is 152 Å². The number of rotatable bonds is 6. The summed E-state index contributed by atoms with van der Waals surface area (Å²) >= 11 is 0. The highest BCUT2D eigenvalue weighted by molar-refractivity contribution is 5.74. The third kappa shape index (κ3) is 6.27. The van der Waals surface area contributed by atoms with Gasteiger partial charge >= 0.3 is 0 Å². The molecule has 4 aliphatic carbocycles. The Morgan fingerprint density at radius 3 is 1.98 bits per heavy atom. The quantitative estimate of drug-likeness (QED) is 0.213. The Balaban J connectivity index is 1.06. The molecule has 4 aromatic rings. The fraction of sp³-hybridized carbons (Fsp3) is 0.111. The molecule has 234 valence electrons. The predicted octanol–water partition coefficient (Wildman–Crippen LogP) is 10.2. The normalized spacial score (nSPS) is 21.0. The molecule has 3 aromatic carbocycles. The maximum Gasteiger partial charge on any atom is 0.164 e. The van der Waals surface area contributed by atoms with Crippen molar-refractivity contribution in [2.45, 2.75) is 12.8 Å². The molecule has 1 aromatic heterocycles. The minimum Gasteiger partial charge on any atom is -0.208 e. The highest BCUT2D eigenvalue weighted by atomic mass is 15.0. The Morgan fingerprint density at radius 1 is 0.592 bits per heavy atom. The van der Waals surface area contributed by atoms with E-state index in [-0.39, 0.29) is 17.8 Å². The van der Waals surface area contributed by atoms with Gasteiger partial charge in [-0.05, 0) is 52.8 Å². The van der Waals surface area contributed by atoms with Gasteiger partial charge in [0.05, 0.1) is 11.6 Å². The highest BCUT2D eigenvalue weighted by Gasteiger charge is 2.30. The number of fused-ring (bicyclic) bond motifs is 1. The highest BCUT2D eigenvalue weighted by Crippen LogP contribution is 2.43. The lowest BCUT2D eigenvalue weighted by atomic mass is 9.70. The lowest BCUT2D eigenvalue weighted by molar-refractivity contribution is 0.596. The zero-order valence-corrected chi connectivity index (χ0v) is 27.0. The van der Waals surface area contributed by atoms with Crippen LogP contribution in [0.2, 0.25) is 0 Å². The maximum absolute atomic E-state index is 9.19. The van der Waals surface area contributed by atoms with E-state index in [1.807, 2.05) is 84.9 Å². The van der Waals surface area contributed by atoms with E-state index < -0.39 is 0 Å². The molecular formula is C45H34N4. The molecule has 4 heteroatoms. The summed E-state index contributed by atoms with van der Waals surface area (Å²) in [5.74, 6) is 2.84. The topological polar surface area (TPSA) is 62.5 Å². The van der Waals surface area contributed by atoms with E-state index in [1.165, 1.54) is 22.3 Å². The number of nitriles is 1. The minimum atomic E-state index is 0.254. The predicted molar refractivity (Wildman–Crippen MR) is 198 cm³/mol. The van der Waals surface area contributed by atoms with Crippen LogP contribution < -0.4 is 0 Å². The third-order valence-electron chi connectivity index (χ3n) is 9.62. The second-order valence-corrected chi connectivity index (χ2v) is 12.6. The number of nitrogens with zero attached hydrogens (tertiary/aromatic N) is 4. The Kier molecular flexibility index (Phi) is 8.32. The van der Waals surface area contributed by atoms with Gasteiger partial charge in [-0.25, -0.2) is 15.0 Å². The van der Waals surface area contributed by atoms with Crippen molar-refractivity contribution in [3.05, 3.63) is 198 Å². The number of allylic oxidation sites excluding steroid dienone is 18. The van der Waals surface area contributed by atoms with Crippen LogP contribution in [0.15, 0.2) is 181 Å². The number of hydrogen-bond acceptors (Lipinski definition) is 4. The van der Waals surface area contributed by atoms with Gasteiger partial charge in [-0.2, -0.15) is 5.26 Å². The molecule has 0 radical (unpaired) electrons. The van der Waals surface area contributed by atoms with Gasteiger partial charge < -0.3 is 0 Å². The average Bonchev–Trinajstić information content (AvgIpc) is 3.44. The zero-order valence-electron chi connectivity index (χ0n) is 27.0. The van der Waals surface area contributed by atoms with E-state index in [0.29, 0.717) is 23.0 Å². The second kappa shape index (κ2) is 13.5. The first-order valence-electron chi connectivity index (χ1n) is 16.8. The molecule has 3 unspecified atom stereocenters. The second-order valence-electron chi connectivity index (χ2n) is 12.6. The lowest BCUT2D eigenvalue weighted by Gasteiger charge is -2.33. The fourth-order valence-electron chi connectivity index (χ4n) is 7.03. The van der Waals surface area contributed by atoms with Crippen molar-refractivity contribution in [1.82, 2.24) is 15.0 Å². The van der Waals surface area contributed by atoms with E-state index in [9.17, 15) is 5.26 Å². The van der Waals surface area contributed by atoms with Crippen LogP contribution in [0.4, 0.5) is 0 Å². The average molecular weight is 631 g/mol. The molecule has 0 fully saturated rings.